The second kappa shape index (κ2) is 10.0. The summed E-state index contributed by atoms with van der Waals surface area (Å²) in [6.07, 6.45) is 9.74. The Kier molecular flexibility index (Phi) is 7.66. The van der Waals surface area contributed by atoms with Crippen LogP contribution in [0, 0.1) is 5.92 Å². The molecule has 122 valence electrons. The summed E-state index contributed by atoms with van der Waals surface area (Å²) >= 11 is 0. The van der Waals surface area contributed by atoms with E-state index in [-0.39, 0.29) is 0 Å². The summed E-state index contributed by atoms with van der Waals surface area (Å²) in [5, 5.41) is 0. The minimum atomic E-state index is 0.733. The topological polar surface area (TPSA) is 0 Å². The Hall–Kier alpha value is -1.82. The quantitative estimate of drug-likeness (QED) is 0.457. The number of hydrogen-bond acceptors (Lipinski definition) is 0. The van der Waals surface area contributed by atoms with E-state index in [4.69, 9.17) is 0 Å². The summed E-state index contributed by atoms with van der Waals surface area (Å²) in [7, 11) is 0. The Morgan fingerprint density at radius 1 is 0.739 bits per heavy atom. The summed E-state index contributed by atoms with van der Waals surface area (Å²) in [4.78, 5) is 0. The van der Waals surface area contributed by atoms with Crippen LogP contribution >= 0.6 is 0 Å². The first-order valence-electron chi connectivity index (χ1n) is 9.09. The molecular formula is C23H30. The molecule has 0 spiro atoms. The van der Waals surface area contributed by atoms with Crippen molar-refractivity contribution in [3.63, 3.8) is 0 Å². The maximum Gasteiger partial charge on any atom is -0.0236 e. The Morgan fingerprint density at radius 2 is 1.17 bits per heavy atom. The van der Waals surface area contributed by atoms with Crippen molar-refractivity contribution >= 4 is 0 Å². The molecule has 2 aromatic carbocycles. The summed E-state index contributed by atoms with van der Waals surface area (Å²) in [6, 6.07) is 21.7. The SMILES string of the molecule is CCC(C=C(CCc1ccccc1)CCc1ccccc1)CC. The van der Waals surface area contributed by atoms with Gasteiger partial charge in [0, 0.05) is 0 Å². The van der Waals surface area contributed by atoms with Crippen LogP contribution in [-0.2, 0) is 12.8 Å². The average molecular weight is 306 g/mol. The van der Waals surface area contributed by atoms with Crippen LogP contribution in [0.5, 0.6) is 0 Å². The number of hydrogen-bond donors (Lipinski definition) is 0. The molecule has 0 saturated carbocycles. The van der Waals surface area contributed by atoms with Crippen LogP contribution in [0.4, 0.5) is 0 Å². The lowest BCUT2D eigenvalue weighted by atomic mass is 9.93. The van der Waals surface area contributed by atoms with Gasteiger partial charge in [-0.05, 0) is 55.6 Å². The largest absolute Gasteiger partial charge is 0.0822 e. The van der Waals surface area contributed by atoms with Crippen molar-refractivity contribution in [2.45, 2.75) is 52.4 Å². The van der Waals surface area contributed by atoms with Gasteiger partial charge in [-0.25, -0.2) is 0 Å². The van der Waals surface area contributed by atoms with E-state index in [1.165, 1.54) is 36.8 Å². The molecule has 0 aliphatic rings. The van der Waals surface area contributed by atoms with Crippen molar-refractivity contribution in [2.24, 2.45) is 5.92 Å². The standard InChI is InChI=1S/C23H30/c1-3-20(4-2)19-23(17-15-21-11-7-5-8-12-21)18-16-22-13-9-6-10-14-22/h5-14,19-20H,3-4,15-18H2,1-2H3. The van der Waals surface area contributed by atoms with E-state index < -0.39 is 0 Å². The van der Waals surface area contributed by atoms with Gasteiger partial charge in [-0.3, -0.25) is 0 Å². The molecule has 0 fully saturated rings. The minimum absolute atomic E-state index is 0.733. The van der Waals surface area contributed by atoms with Crippen LogP contribution in [-0.4, -0.2) is 0 Å². The molecule has 0 aliphatic carbocycles. The molecule has 0 radical (unpaired) electrons. The third-order valence-electron chi connectivity index (χ3n) is 4.68. The van der Waals surface area contributed by atoms with E-state index in [0.29, 0.717) is 0 Å². The molecular weight excluding hydrogens is 276 g/mol. The highest BCUT2D eigenvalue weighted by Crippen LogP contribution is 2.20. The fourth-order valence-corrected chi connectivity index (χ4v) is 3.05. The molecule has 0 atom stereocenters. The second-order valence-corrected chi connectivity index (χ2v) is 6.37. The van der Waals surface area contributed by atoms with E-state index >= 15 is 0 Å². The maximum absolute atomic E-state index is 2.56. The molecule has 0 nitrogen and oxygen atoms in total. The average Bonchev–Trinajstić information content (AvgIpc) is 2.63. The first-order valence-corrected chi connectivity index (χ1v) is 9.09. The van der Waals surface area contributed by atoms with Crippen LogP contribution in [0.1, 0.15) is 50.7 Å². The van der Waals surface area contributed by atoms with Gasteiger partial charge in [0.25, 0.3) is 0 Å². The summed E-state index contributed by atoms with van der Waals surface area (Å²) < 4.78 is 0. The molecule has 0 aromatic heterocycles. The van der Waals surface area contributed by atoms with Gasteiger partial charge < -0.3 is 0 Å². The van der Waals surface area contributed by atoms with E-state index in [2.05, 4.69) is 80.6 Å². The minimum Gasteiger partial charge on any atom is -0.0822 e. The lowest BCUT2D eigenvalue weighted by molar-refractivity contribution is 0.595. The summed E-state index contributed by atoms with van der Waals surface area (Å²) in [5.74, 6) is 0.733. The van der Waals surface area contributed by atoms with E-state index in [0.717, 1.165) is 18.8 Å². The van der Waals surface area contributed by atoms with Gasteiger partial charge in [-0.15, -0.1) is 0 Å². The first kappa shape index (κ1) is 17.5. The van der Waals surface area contributed by atoms with Gasteiger partial charge in [0.15, 0.2) is 0 Å². The van der Waals surface area contributed by atoms with Crippen molar-refractivity contribution in [3.05, 3.63) is 83.4 Å². The molecule has 2 aromatic rings. The molecule has 2 rings (SSSR count). The van der Waals surface area contributed by atoms with Crippen LogP contribution < -0.4 is 0 Å². The lowest BCUT2D eigenvalue weighted by Crippen LogP contribution is -1.98. The van der Waals surface area contributed by atoms with Crippen LogP contribution in [0.25, 0.3) is 0 Å². The molecule has 0 bridgehead atoms. The maximum atomic E-state index is 2.56. The van der Waals surface area contributed by atoms with E-state index in [1.54, 1.807) is 5.57 Å². The third-order valence-corrected chi connectivity index (χ3v) is 4.68. The van der Waals surface area contributed by atoms with Gasteiger partial charge in [-0.2, -0.15) is 0 Å². The molecule has 0 heterocycles. The molecule has 0 heteroatoms. The van der Waals surface area contributed by atoms with Gasteiger partial charge in [0.1, 0.15) is 0 Å². The lowest BCUT2D eigenvalue weighted by Gasteiger charge is -2.13. The molecule has 0 N–H and O–H groups in total. The number of aryl methyl sites for hydroxylation is 2. The van der Waals surface area contributed by atoms with Gasteiger partial charge >= 0.3 is 0 Å². The first-order chi connectivity index (χ1) is 11.3. The molecule has 23 heavy (non-hydrogen) atoms. The van der Waals surface area contributed by atoms with Crippen LogP contribution in [0.15, 0.2) is 72.3 Å². The normalized spacial score (nSPS) is 10.7. The predicted octanol–water partition coefficient (Wildman–Crippen LogP) is 6.61. The molecule has 0 aliphatic heterocycles. The predicted molar refractivity (Wildman–Crippen MR) is 102 cm³/mol. The Bertz CT molecular complexity index is 516. The third kappa shape index (κ3) is 6.44. The number of benzene rings is 2. The Balaban J connectivity index is 1.99. The van der Waals surface area contributed by atoms with Crippen molar-refractivity contribution < 1.29 is 0 Å². The Labute approximate surface area is 142 Å². The number of allylic oxidation sites excluding steroid dienone is 2. The zero-order valence-electron chi connectivity index (χ0n) is 14.7. The van der Waals surface area contributed by atoms with Crippen LogP contribution in [0.3, 0.4) is 0 Å². The van der Waals surface area contributed by atoms with Gasteiger partial charge in [0.2, 0.25) is 0 Å². The molecule has 0 amide bonds. The highest BCUT2D eigenvalue weighted by atomic mass is 14.1. The zero-order valence-corrected chi connectivity index (χ0v) is 14.7. The highest BCUT2D eigenvalue weighted by Gasteiger charge is 2.05. The number of rotatable bonds is 9. The van der Waals surface area contributed by atoms with E-state index in [9.17, 15) is 0 Å². The fourth-order valence-electron chi connectivity index (χ4n) is 3.05. The van der Waals surface area contributed by atoms with Gasteiger partial charge in [0.05, 0.1) is 0 Å². The van der Waals surface area contributed by atoms with Crippen molar-refractivity contribution in [3.8, 4) is 0 Å². The van der Waals surface area contributed by atoms with Gasteiger partial charge in [-0.1, -0.05) is 86.2 Å². The summed E-state index contributed by atoms with van der Waals surface area (Å²) in [5.41, 5.74) is 4.52. The summed E-state index contributed by atoms with van der Waals surface area (Å²) in [6.45, 7) is 4.60. The monoisotopic (exact) mass is 306 g/mol. The Morgan fingerprint density at radius 3 is 1.57 bits per heavy atom. The van der Waals surface area contributed by atoms with Crippen molar-refractivity contribution in [2.75, 3.05) is 0 Å². The molecule has 0 unspecified atom stereocenters. The zero-order chi connectivity index (χ0) is 16.3. The highest BCUT2D eigenvalue weighted by molar-refractivity contribution is 5.19. The van der Waals surface area contributed by atoms with Crippen LogP contribution in [0.2, 0.25) is 0 Å². The smallest absolute Gasteiger partial charge is 0.0236 e. The van der Waals surface area contributed by atoms with E-state index in [1.807, 2.05) is 0 Å². The fraction of sp³-hybridized carbons (Fsp3) is 0.391. The second-order valence-electron chi connectivity index (χ2n) is 6.37. The van der Waals surface area contributed by atoms with Crippen molar-refractivity contribution in [1.82, 2.24) is 0 Å². The molecule has 0 saturated heterocycles. The van der Waals surface area contributed by atoms with Crippen molar-refractivity contribution in [1.29, 1.82) is 0 Å².